The van der Waals surface area contributed by atoms with E-state index in [0.29, 0.717) is 33.6 Å². The largest absolute Gasteiger partial charge is 0.399 e. The average Bonchev–Trinajstić information content (AvgIpc) is 2.66. The summed E-state index contributed by atoms with van der Waals surface area (Å²) in [6.07, 6.45) is 0. The standard InChI is InChI=1S/C24H24N2O2/c1-13-14(2)22(24(28)18-8-6-10-20(26)12-18)16(4)15(3)21(13)23(27)17-7-5-9-19(25)11-17/h5-12H,25-26H2,1-4H3. The molecule has 3 rings (SSSR count). The highest BCUT2D eigenvalue weighted by Gasteiger charge is 2.24. The Morgan fingerprint density at radius 1 is 0.607 bits per heavy atom. The summed E-state index contributed by atoms with van der Waals surface area (Å²) in [5.74, 6) is -0.173. The summed E-state index contributed by atoms with van der Waals surface area (Å²) >= 11 is 0. The molecule has 4 heteroatoms. The molecular formula is C24H24N2O2. The number of carbonyl (C=O) groups excluding carboxylic acids is 2. The van der Waals surface area contributed by atoms with E-state index in [4.69, 9.17) is 11.5 Å². The van der Waals surface area contributed by atoms with Crippen molar-refractivity contribution in [2.45, 2.75) is 27.7 Å². The molecule has 28 heavy (non-hydrogen) atoms. The summed E-state index contributed by atoms with van der Waals surface area (Å²) < 4.78 is 0. The van der Waals surface area contributed by atoms with Crippen molar-refractivity contribution in [3.8, 4) is 0 Å². The van der Waals surface area contributed by atoms with E-state index in [9.17, 15) is 9.59 Å². The zero-order chi connectivity index (χ0) is 20.6. The molecule has 4 nitrogen and oxygen atoms in total. The van der Waals surface area contributed by atoms with Crippen molar-refractivity contribution in [3.63, 3.8) is 0 Å². The SMILES string of the molecule is Cc1c(C)c(C(=O)c2cccc(N)c2)c(C)c(C)c1C(=O)c1cccc(N)c1. The van der Waals surface area contributed by atoms with E-state index >= 15 is 0 Å². The van der Waals surface area contributed by atoms with Gasteiger partial charge in [0.05, 0.1) is 0 Å². The second-order valence-electron chi connectivity index (χ2n) is 7.16. The number of nitrogen functional groups attached to an aromatic ring is 2. The predicted molar refractivity (Wildman–Crippen MR) is 114 cm³/mol. The third kappa shape index (κ3) is 3.29. The highest BCUT2D eigenvalue weighted by Crippen LogP contribution is 2.30. The van der Waals surface area contributed by atoms with Crippen molar-refractivity contribution >= 4 is 22.9 Å². The Labute approximate surface area is 165 Å². The van der Waals surface area contributed by atoms with E-state index in [1.807, 2.05) is 27.7 Å². The van der Waals surface area contributed by atoms with Gasteiger partial charge in [0, 0.05) is 33.6 Å². The molecule has 3 aromatic rings. The summed E-state index contributed by atoms with van der Waals surface area (Å²) in [4.78, 5) is 26.4. The third-order valence-electron chi connectivity index (χ3n) is 5.38. The van der Waals surface area contributed by atoms with Gasteiger partial charge >= 0.3 is 0 Å². The third-order valence-corrected chi connectivity index (χ3v) is 5.38. The van der Waals surface area contributed by atoms with Gasteiger partial charge in [0.15, 0.2) is 11.6 Å². The van der Waals surface area contributed by atoms with Gasteiger partial charge in [-0.25, -0.2) is 0 Å². The quantitative estimate of drug-likeness (QED) is 0.520. The van der Waals surface area contributed by atoms with Crippen LogP contribution in [0.4, 0.5) is 11.4 Å². The summed E-state index contributed by atoms with van der Waals surface area (Å²) in [6.45, 7) is 7.55. The first kappa shape index (κ1) is 19.4. The fourth-order valence-corrected chi connectivity index (χ4v) is 3.64. The van der Waals surface area contributed by atoms with Gasteiger partial charge in [-0.3, -0.25) is 9.59 Å². The molecule has 0 aliphatic rings. The van der Waals surface area contributed by atoms with Crippen molar-refractivity contribution in [2.75, 3.05) is 11.5 Å². The Morgan fingerprint density at radius 3 is 1.21 bits per heavy atom. The second-order valence-corrected chi connectivity index (χ2v) is 7.16. The zero-order valence-electron chi connectivity index (χ0n) is 16.6. The molecule has 0 amide bonds. The lowest BCUT2D eigenvalue weighted by molar-refractivity contribution is 0.102. The minimum Gasteiger partial charge on any atom is -0.399 e. The topological polar surface area (TPSA) is 86.2 Å². The lowest BCUT2D eigenvalue weighted by Gasteiger charge is -2.19. The van der Waals surface area contributed by atoms with Crippen LogP contribution in [0.2, 0.25) is 0 Å². The molecule has 0 radical (unpaired) electrons. The number of anilines is 2. The summed E-state index contributed by atoms with van der Waals surface area (Å²) in [6, 6.07) is 13.9. The van der Waals surface area contributed by atoms with E-state index in [-0.39, 0.29) is 11.6 Å². The monoisotopic (exact) mass is 372 g/mol. The van der Waals surface area contributed by atoms with Gasteiger partial charge < -0.3 is 11.5 Å². The molecule has 0 bridgehead atoms. The van der Waals surface area contributed by atoms with Crippen molar-refractivity contribution in [3.05, 3.63) is 93.0 Å². The van der Waals surface area contributed by atoms with E-state index < -0.39 is 0 Å². The fourth-order valence-electron chi connectivity index (χ4n) is 3.64. The first-order chi connectivity index (χ1) is 13.2. The molecule has 0 aliphatic heterocycles. The maximum atomic E-state index is 13.2. The van der Waals surface area contributed by atoms with E-state index in [1.165, 1.54) is 0 Å². The number of carbonyl (C=O) groups is 2. The molecule has 0 saturated carbocycles. The molecule has 0 aromatic heterocycles. The molecule has 0 spiro atoms. The van der Waals surface area contributed by atoms with E-state index in [1.54, 1.807) is 48.5 Å². The van der Waals surface area contributed by atoms with Crippen LogP contribution in [0.1, 0.15) is 54.1 Å². The minimum atomic E-state index is -0.0866. The summed E-state index contributed by atoms with van der Waals surface area (Å²) in [7, 11) is 0. The van der Waals surface area contributed by atoms with Crippen molar-refractivity contribution in [1.82, 2.24) is 0 Å². The molecule has 0 aliphatic carbocycles. The van der Waals surface area contributed by atoms with E-state index in [0.717, 1.165) is 22.3 Å². The number of hydrogen-bond donors (Lipinski definition) is 2. The minimum absolute atomic E-state index is 0.0866. The highest BCUT2D eigenvalue weighted by atomic mass is 16.1. The molecule has 0 saturated heterocycles. The lowest BCUT2D eigenvalue weighted by atomic mass is 9.83. The van der Waals surface area contributed by atoms with Gasteiger partial charge in [-0.2, -0.15) is 0 Å². The molecule has 0 fully saturated rings. The van der Waals surface area contributed by atoms with Crippen molar-refractivity contribution in [2.24, 2.45) is 0 Å². The molecule has 0 unspecified atom stereocenters. The lowest BCUT2D eigenvalue weighted by Crippen LogP contribution is -2.15. The van der Waals surface area contributed by atoms with Crippen LogP contribution in [0.5, 0.6) is 0 Å². The van der Waals surface area contributed by atoms with Gasteiger partial charge in [-0.1, -0.05) is 24.3 Å². The smallest absolute Gasteiger partial charge is 0.193 e. The Kier molecular flexibility index (Phi) is 5.06. The summed E-state index contributed by atoms with van der Waals surface area (Å²) in [5, 5.41) is 0. The Hall–Kier alpha value is -3.40. The number of ketones is 2. The van der Waals surface area contributed by atoms with Crippen LogP contribution in [0.15, 0.2) is 48.5 Å². The van der Waals surface area contributed by atoms with Crippen LogP contribution in [0, 0.1) is 27.7 Å². The van der Waals surface area contributed by atoms with Crippen molar-refractivity contribution in [1.29, 1.82) is 0 Å². The predicted octanol–water partition coefficient (Wildman–Crippen LogP) is 4.55. The van der Waals surface area contributed by atoms with Gasteiger partial charge in [-0.15, -0.1) is 0 Å². The zero-order valence-corrected chi connectivity index (χ0v) is 16.6. The van der Waals surface area contributed by atoms with Crippen LogP contribution in [0.3, 0.4) is 0 Å². The van der Waals surface area contributed by atoms with Crippen molar-refractivity contribution < 1.29 is 9.59 Å². The summed E-state index contributed by atoms with van der Waals surface area (Å²) in [5.41, 5.74) is 18.4. The maximum absolute atomic E-state index is 13.2. The number of benzene rings is 3. The number of rotatable bonds is 4. The number of hydrogen-bond acceptors (Lipinski definition) is 4. The molecule has 3 aromatic carbocycles. The molecule has 0 heterocycles. The van der Waals surface area contributed by atoms with Crippen LogP contribution in [-0.4, -0.2) is 11.6 Å². The maximum Gasteiger partial charge on any atom is 0.193 e. The van der Waals surface area contributed by atoms with Gasteiger partial charge in [-0.05, 0) is 74.2 Å². The first-order valence-corrected chi connectivity index (χ1v) is 9.13. The van der Waals surface area contributed by atoms with Crippen LogP contribution < -0.4 is 11.5 Å². The molecule has 142 valence electrons. The highest BCUT2D eigenvalue weighted by molar-refractivity contribution is 6.15. The van der Waals surface area contributed by atoms with Crippen LogP contribution in [0.25, 0.3) is 0 Å². The van der Waals surface area contributed by atoms with Crippen LogP contribution >= 0.6 is 0 Å². The second kappa shape index (κ2) is 7.31. The van der Waals surface area contributed by atoms with Gasteiger partial charge in [0.1, 0.15) is 0 Å². The average molecular weight is 372 g/mol. The molecular weight excluding hydrogens is 348 g/mol. The first-order valence-electron chi connectivity index (χ1n) is 9.13. The number of nitrogens with two attached hydrogens (primary N) is 2. The van der Waals surface area contributed by atoms with Crippen LogP contribution in [-0.2, 0) is 0 Å². The molecule has 0 atom stereocenters. The van der Waals surface area contributed by atoms with Gasteiger partial charge in [0.2, 0.25) is 0 Å². The Morgan fingerprint density at radius 2 is 0.929 bits per heavy atom. The normalized spacial score (nSPS) is 10.7. The molecule has 4 N–H and O–H groups in total. The Balaban J connectivity index is 2.17. The van der Waals surface area contributed by atoms with Gasteiger partial charge in [0.25, 0.3) is 0 Å². The van der Waals surface area contributed by atoms with E-state index in [2.05, 4.69) is 0 Å². The Bertz CT molecular complexity index is 996. The fraction of sp³-hybridized carbons (Fsp3) is 0.167.